The molecule has 3 nitrogen and oxygen atoms in total. The van der Waals surface area contributed by atoms with Gasteiger partial charge >= 0.3 is 0 Å². The third-order valence-corrected chi connectivity index (χ3v) is 3.67. The third kappa shape index (κ3) is 5.84. The van der Waals surface area contributed by atoms with Crippen LogP contribution in [0.25, 0.3) is 0 Å². The van der Waals surface area contributed by atoms with Crippen molar-refractivity contribution in [3.05, 3.63) is 0 Å². The largest absolute Gasteiger partial charge is 0.395 e. The highest BCUT2D eigenvalue weighted by molar-refractivity contribution is 4.75. The molecule has 0 aromatic carbocycles. The van der Waals surface area contributed by atoms with Gasteiger partial charge in [0.1, 0.15) is 0 Å². The lowest BCUT2D eigenvalue weighted by Gasteiger charge is -2.31. The van der Waals surface area contributed by atoms with Gasteiger partial charge in [0.05, 0.1) is 12.7 Å². The molecular formula is C14H29NO2. The molecule has 1 rings (SSSR count). The van der Waals surface area contributed by atoms with Crippen LogP contribution in [0.15, 0.2) is 0 Å². The van der Waals surface area contributed by atoms with Crippen LogP contribution >= 0.6 is 0 Å². The van der Waals surface area contributed by atoms with Gasteiger partial charge in [-0.15, -0.1) is 0 Å². The number of rotatable bonds is 7. The molecule has 0 aliphatic heterocycles. The van der Waals surface area contributed by atoms with Gasteiger partial charge in [-0.2, -0.15) is 0 Å². The molecule has 0 heterocycles. The van der Waals surface area contributed by atoms with Crippen LogP contribution < -0.4 is 5.32 Å². The fourth-order valence-corrected chi connectivity index (χ4v) is 2.93. The van der Waals surface area contributed by atoms with E-state index in [0.717, 1.165) is 31.4 Å². The predicted molar refractivity (Wildman–Crippen MR) is 71.1 cm³/mol. The Bertz CT molecular complexity index is 189. The van der Waals surface area contributed by atoms with Gasteiger partial charge in [0, 0.05) is 12.6 Å². The Morgan fingerprint density at radius 2 is 1.88 bits per heavy atom. The molecule has 0 aromatic heterocycles. The van der Waals surface area contributed by atoms with Gasteiger partial charge in [0.25, 0.3) is 0 Å². The van der Waals surface area contributed by atoms with Gasteiger partial charge in [-0.1, -0.05) is 20.8 Å². The smallest absolute Gasteiger partial charge is 0.0585 e. The van der Waals surface area contributed by atoms with Crippen LogP contribution in [-0.4, -0.2) is 37.0 Å². The molecule has 0 spiro atoms. The standard InChI is InChI=1S/C14H29NO2/c1-4-15-13(10-16)5-6-17-14-8-11(2)7-12(3)9-14/h11-16H,4-10H2,1-3H3. The number of likely N-dealkylation sites (N-methyl/N-ethyl adjacent to an activating group) is 1. The van der Waals surface area contributed by atoms with E-state index in [-0.39, 0.29) is 12.6 Å². The van der Waals surface area contributed by atoms with E-state index in [0.29, 0.717) is 6.10 Å². The summed E-state index contributed by atoms with van der Waals surface area (Å²) in [6.45, 7) is 8.58. The van der Waals surface area contributed by atoms with E-state index in [2.05, 4.69) is 26.1 Å². The number of aliphatic hydroxyl groups is 1. The molecule has 1 saturated carbocycles. The van der Waals surface area contributed by atoms with E-state index in [1.54, 1.807) is 0 Å². The highest BCUT2D eigenvalue weighted by Crippen LogP contribution is 2.30. The Morgan fingerprint density at radius 1 is 1.24 bits per heavy atom. The van der Waals surface area contributed by atoms with Crippen molar-refractivity contribution in [3.63, 3.8) is 0 Å². The second kappa shape index (κ2) is 8.06. The minimum absolute atomic E-state index is 0.193. The molecule has 1 aliphatic rings. The molecule has 2 N–H and O–H groups in total. The second-order valence-electron chi connectivity index (χ2n) is 5.64. The molecule has 0 radical (unpaired) electrons. The average Bonchev–Trinajstić information content (AvgIpc) is 2.26. The molecule has 1 fully saturated rings. The predicted octanol–water partition coefficient (Wildman–Crippen LogP) is 2.19. The molecule has 0 amide bonds. The number of hydrogen-bond acceptors (Lipinski definition) is 3. The second-order valence-corrected chi connectivity index (χ2v) is 5.64. The normalized spacial score (nSPS) is 31.4. The summed E-state index contributed by atoms with van der Waals surface area (Å²) in [5.41, 5.74) is 0. The summed E-state index contributed by atoms with van der Waals surface area (Å²) in [5.74, 6) is 1.59. The lowest BCUT2D eigenvalue weighted by atomic mass is 9.82. The van der Waals surface area contributed by atoms with Crippen molar-refractivity contribution < 1.29 is 9.84 Å². The van der Waals surface area contributed by atoms with Crippen LogP contribution in [0, 0.1) is 11.8 Å². The topological polar surface area (TPSA) is 41.5 Å². The van der Waals surface area contributed by atoms with Crippen molar-refractivity contribution in [2.45, 2.75) is 58.6 Å². The van der Waals surface area contributed by atoms with Gasteiger partial charge in [-0.3, -0.25) is 0 Å². The van der Waals surface area contributed by atoms with Gasteiger partial charge in [-0.25, -0.2) is 0 Å². The fourth-order valence-electron chi connectivity index (χ4n) is 2.93. The first-order chi connectivity index (χ1) is 8.15. The number of ether oxygens (including phenoxy) is 1. The van der Waals surface area contributed by atoms with E-state index < -0.39 is 0 Å². The molecule has 0 aromatic rings. The number of aliphatic hydroxyl groups excluding tert-OH is 1. The summed E-state index contributed by atoms with van der Waals surface area (Å²) >= 11 is 0. The first kappa shape index (κ1) is 14.9. The molecule has 102 valence electrons. The van der Waals surface area contributed by atoms with Crippen molar-refractivity contribution in [1.29, 1.82) is 0 Å². The first-order valence-corrected chi connectivity index (χ1v) is 7.11. The van der Waals surface area contributed by atoms with E-state index in [1.165, 1.54) is 19.3 Å². The van der Waals surface area contributed by atoms with Crippen molar-refractivity contribution in [3.8, 4) is 0 Å². The third-order valence-electron chi connectivity index (χ3n) is 3.67. The van der Waals surface area contributed by atoms with Crippen LogP contribution in [0.1, 0.15) is 46.5 Å². The SMILES string of the molecule is CCNC(CO)CCOC1CC(C)CC(C)C1. The van der Waals surface area contributed by atoms with Crippen LogP contribution in [-0.2, 0) is 4.74 Å². The van der Waals surface area contributed by atoms with Crippen LogP contribution in [0.5, 0.6) is 0 Å². The van der Waals surface area contributed by atoms with Crippen LogP contribution in [0.4, 0.5) is 0 Å². The van der Waals surface area contributed by atoms with Crippen molar-refractivity contribution >= 4 is 0 Å². The summed E-state index contributed by atoms with van der Waals surface area (Å²) in [7, 11) is 0. The maximum Gasteiger partial charge on any atom is 0.0585 e. The van der Waals surface area contributed by atoms with E-state index in [4.69, 9.17) is 9.84 Å². The summed E-state index contributed by atoms with van der Waals surface area (Å²) in [6.07, 6.45) is 5.10. The molecule has 3 heteroatoms. The van der Waals surface area contributed by atoms with Gasteiger partial charge < -0.3 is 15.2 Å². The Balaban J connectivity index is 2.16. The van der Waals surface area contributed by atoms with E-state index >= 15 is 0 Å². The summed E-state index contributed by atoms with van der Waals surface area (Å²) in [4.78, 5) is 0. The van der Waals surface area contributed by atoms with Crippen molar-refractivity contribution in [2.24, 2.45) is 11.8 Å². The maximum absolute atomic E-state index is 9.16. The van der Waals surface area contributed by atoms with Gasteiger partial charge in [0.15, 0.2) is 0 Å². The summed E-state index contributed by atoms with van der Waals surface area (Å²) in [6, 6.07) is 0.193. The Labute approximate surface area is 106 Å². The lowest BCUT2D eigenvalue weighted by molar-refractivity contribution is -0.00447. The molecule has 0 saturated heterocycles. The molecule has 3 atom stereocenters. The lowest BCUT2D eigenvalue weighted by Crippen LogP contribution is -2.34. The molecule has 1 aliphatic carbocycles. The minimum Gasteiger partial charge on any atom is -0.395 e. The quantitative estimate of drug-likeness (QED) is 0.720. The van der Waals surface area contributed by atoms with E-state index in [9.17, 15) is 0 Å². The highest BCUT2D eigenvalue weighted by Gasteiger charge is 2.24. The van der Waals surface area contributed by atoms with Gasteiger partial charge in [0.2, 0.25) is 0 Å². The average molecular weight is 243 g/mol. The summed E-state index contributed by atoms with van der Waals surface area (Å²) in [5, 5.41) is 12.4. The Hall–Kier alpha value is -0.120. The number of hydrogen-bond donors (Lipinski definition) is 2. The Morgan fingerprint density at radius 3 is 2.41 bits per heavy atom. The molecule has 17 heavy (non-hydrogen) atoms. The zero-order chi connectivity index (χ0) is 12.7. The highest BCUT2D eigenvalue weighted by atomic mass is 16.5. The molecular weight excluding hydrogens is 214 g/mol. The molecule has 3 unspecified atom stereocenters. The minimum atomic E-state index is 0.193. The van der Waals surface area contributed by atoms with Crippen molar-refractivity contribution in [2.75, 3.05) is 19.8 Å². The maximum atomic E-state index is 9.16. The van der Waals surface area contributed by atoms with Crippen LogP contribution in [0.2, 0.25) is 0 Å². The number of nitrogens with one attached hydrogen (secondary N) is 1. The first-order valence-electron chi connectivity index (χ1n) is 7.11. The zero-order valence-electron chi connectivity index (χ0n) is 11.6. The Kier molecular flexibility index (Phi) is 7.09. The summed E-state index contributed by atoms with van der Waals surface area (Å²) < 4.78 is 5.95. The van der Waals surface area contributed by atoms with Crippen molar-refractivity contribution in [1.82, 2.24) is 5.32 Å². The van der Waals surface area contributed by atoms with E-state index in [1.807, 2.05) is 0 Å². The molecule has 0 bridgehead atoms. The fraction of sp³-hybridized carbons (Fsp3) is 1.00. The van der Waals surface area contributed by atoms with Crippen LogP contribution in [0.3, 0.4) is 0 Å². The zero-order valence-corrected chi connectivity index (χ0v) is 11.6. The van der Waals surface area contributed by atoms with Gasteiger partial charge in [-0.05, 0) is 44.1 Å². The monoisotopic (exact) mass is 243 g/mol.